The quantitative estimate of drug-likeness (QED) is 0.180. The number of aryl methyl sites for hydroxylation is 1. The van der Waals surface area contributed by atoms with E-state index in [0.29, 0.717) is 23.5 Å². The van der Waals surface area contributed by atoms with Crippen molar-refractivity contribution in [1.82, 2.24) is 5.32 Å². The second kappa shape index (κ2) is 12.9. The number of ether oxygens (including phenoxy) is 4. The molecule has 1 aromatic carbocycles. The second-order valence-corrected chi connectivity index (χ2v) is 13.8. The van der Waals surface area contributed by atoms with Crippen LogP contribution in [0.5, 0.6) is 5.75 Å². The molecule has 8 N–H and O–H groups in total. The summed E-state index contributed by atoms with van der Waals surface area (Å²) in [6.45, 7) is 3.04. The van der Waals surface area contributed by atoms with Gasteiger partial charge in [0, 0.05) is 6.92 Å². The van der Waals surface area contributed by atoms with E-state index in [4.69, 9.17) is 18.9 Å². The van der Waals surface area contributed by atoms with Crippen molar-refractivity contribution in [3.8, 4) is 5.75 Å². The molecule has 0 aromatic heterocycles. The number of fused-ring (bicyclic) bond motifs is 5. The molecule has 5 aliphatic rings. The summed E-state index contributed by atoms with van der Waals surface area (Å²) in [5.74, 6) is -0.480. The fraction of sp³-hybridized carbons (Fsp3) is 0.750. The Bertz CT molecular complexity index is 1300. The average Bonchev–Trinajstić information content (AvgIpc) is 3.36. The van der Waals surface area contributed by atoms with Crippen LogP contribution in [0, 0.1) is 17.3 Å². The van der Waals surface area contributed by atoms with Gasteiger partial charge in [-0.25, -0.2) is 4.79 Å². The molecule has 14 nitrogen and oxygen atoms in total. The molecule has 46 heavy (non-hydrogen) atoms. The Morgan fingerprint density at radius 3 is 2.41 bits per heavy atom. The van der Waals surface area contributed by atoms with E-state index in [1.54, 1.807) is 6.07 Å². The summed E-state index contributed by atoms with van der Waals surface area (Å²) in [6, 6.07) is 4.62. The van der Waals surface area contributed by atoms with Crippen molar-refractivity contribution in [3.63, 3.8) is 0 Å². The fourth-order valence-corrected chi connectivity index (χ4v) is 8.84. The number of rotatable bonds is 7. The van der Waals surface area contributed by atoms with Gasteiger partial charge in [-0.2, -0.15) is 0 Å². The third kappa shape index (κ3) is 5.81. The molecule has 0 spiro atoms. The zero-order valence-corrected chi connectivity index (χ0v) is 25.8. The normalized spacial score (nSPS) is 45.2. The number of aliphatic hydroxyl groups is 6. The number of carbonyl (C=O) groups is 2. The Hall–Kier alpha value is -2.40. The zero-order chi connectivity index (χ0) is 33.1. The summed E-state index contributed by atoms with van der Waals surface area (Å²) in [6.07, 6.45) is -8.28. The molecule has 1 aromatic rings. The number of aliphatic hydroxyl groups excluding tert-OH is 6. The standard InChI is InChI=1S/C32H45NO13/c1-13(35)33-22-24(37)23(36)20(12-34)44-30(22)45-21-8-7-19-18-5-3-14-11-15(4-6-16(14)17(18)9-10-32(19,21)2)43-31-27(40)25(38)26(39)28(46-31)29(41)42/h4,6,11,17-28,30-31,34,36-40H,3,5,7-10,12H2,1-2H3,(H,33,35)(H,41,42)/t17?,18?,19?,20-,21-,22-,23-,24-,25+,26+,27-,28+,30+,31-,32?/m1/s1. The van der Waals surface area contributed by atoms with Crippen molar-refractivity contribution in [2.45, 2.75) is 126 Å². The van der Waals surface area contributed by atoms with Crippen molar-refractivity contribution < 1.29 is 64.3 Å². The van der Waals surface area contributed by atoms with Crippen molar-refractivity contribution in [2.24, 2.45) is 17.3 Å². The number of aliphatic carboxylic acids is 1. The van der Waals surface area contributed by atoms with Crippen molar-refractivity contribution in [1.29, 1.82) is 0 Å². The largest absolute Gasteiger partial charge is 0.479 e. The van der Waals surface area contributed by atoms with Gasteiger partial charge in [0.1, 0.15) is 48.4 Å². The number of carboxylic acids is 1. The summed E-state index contributed by atoms with van der Waals surface area (Å²) in [4.78, 5) is 23.4. The Morgan fingerprint density at radius 1 is 0.957 bits per heavy atom. The van der Waals surface area contributed by atoms with E-state index in [-0.39, 0.29) is 11.5 Å². The molecule has 15 atom stereocenters. The SMILES string of the molecule is CC(=O)N[C@H]1[C@H](O[C@@H]2CCC3C4CCc5cc(O[C@@H]6O[C@H](C(=O)O)[C@@H](O)[C@H](O)[C@H]6O)ccc5C4CCC32C)O[C@H](CO)[C@@H](O)[C@@H]1O. The Morgan fingerprint density at radius 2 is 1.72 bits per heavy atom. The van der Waals surface area contributed by atoms with Gasteiger partial charge in [-0.3, -0.25) is 4.79 Å². The number of carbonyl (C=O) groups excluding carboxylic acids is 1. The van der Waals surface area contributed by atoms with Crippen LogP contribution >= 0.6 is 0 Å². The highest BCUT2D eigenvalue weighted by Crippen LogP contribution is 2.62. The van der Waals surface area contributed by atoms with Crippen LogP contribution in [-0.2, 0) is 30.2 Å². The molecule has 2 saturated carbocycles. The number of hydrogen-bond acceptors (Lipinski definition) is 12. The summed E-state index contributed by atoms with van der Waals surface area (Å²) < 4.78 is 23.5. The first-order valence-electron chi connectivity index (χ1n) is 16.1. The van der Waals surface area contributed by atoms with Gasteiger partial charge >= 0.3 is 5.97 Å². The summed E-state index contributed by atoms with van der Waals surface area (Å²) >= 11 is 0. The van der Waals surface area contributed by atoms with E-state index in [0.717, 1.165) is 44.1 Å². The van der Waals surface area contributed by atoms with Gasteiger partial charge in [-0.1, -0.05) is 13.0 Å². The average molecular weight is 652 g/mol. The van der Waals surface area contributed by atoms with Crippen LogP contribution in [0.1, 0.15) is 63.0 Å². The van der Waals surface area contributed by atoms with Crippen LogP contribution in [0.15, 0.2) is 18.2 Å². The lowest BCUT2D eigenvalue weighted by atomic mass is 9.55. The van der Waals surface area contributed by atoms with E-state index in [2.05, 4.69) is 12.2 Å². The van der Waals surface area contributed by atoms with Gasteiger partial charge in [-0.15, -0.1) is 0 Å². The Kier molecular flexibility index (Phi) is 9.39. The molecule has 2 aliphatic heterocycles. The smallest absolute Gasteiger partial charge is 0.335 e. The lowest BCUT2D eigenvalue weighted by Crippen LogP contribution is -2.65. The minimum Gasteiger partial charge on any atom is -0.479 e. The number of amides is 1. The molecular formula is C32H45NO13. The highest BCUT2D eigenvalue weighted by atomic mass is 16.7. The fourth-order valence-electron chi connectivity index (χ4n) is 8.84. The monoisotopic (exact) mass is 651 g/mol. The molecule has 2 heterocycles. The van der Waals surface area contributed by atoms with Gasteiger partial charge in [0.15, 0.2) is 12.4 Å². The third-order valence-corrected chi connectivity index (χ3v) is 11.2. The maximum Gasteiger partial charge on any atom is 0.335 e. The Labute approximate surface area is 266 Å². The maximum atomic E-state index is 11.9. The van der Waals surface area contributed by atoms with Crippen LogP contribution in [0.3, 0.4) is 0 Å². The van der Waals surface area contributed by atoms with Gasteiger partial charge in [0.05, 0.1) is 12.7 Å². The van der Waals surface area contributed by atoms with Crippen molar-refractivity contribution >= 4 is 11.9 Å². The van der Waals surface area contributed by atoms with Crippen molar-refractivity contribution in [3.05, 3.63) is 29.3 Å². The lowest BCUT2D eigenvalue weighted by molar-refractivity contribution is -0.291. The lowest BCUT2D eigenvalue weighted by Gasteiger charge is -2.51. The van der Waals surface area contributed by atoms with E-state index in [1.165, 1.54) is 12.5 Å². The topological polar surface area (TPSA) is 225 Å². The minimum atomic E-state index is -1.80. The van der Waals surface area contributed by atoms with Crippen molar-refractivity contribution in [2.75, 3.05) is 6.61 Å². The molecule has 4 fully saturated rings. The minimum absolute atomic E-state index is 0.192. The van der Waals surface area contributed by atoms with E-state index < -0.39 is 79.8 Å². The predicted octanol–water partition coefficient (Wildman–Crippen LogP) is -0.857. The number of hydrogen-bond donors (Lipinski definition) is 8. The Balaban J connectivity index is 1.15. The number of nitrogens with one attached hydrogen (secondary N) is 1. The predicted molar refractivity (Wildman–Crippen MR) is 156 cm³/mol. The molecule has 2 saturated heterocycles. The highest BCUT2D eigenvalue weighted by Gasteiger charge is 2.57. The summed E-state index contributed by atoms with van der Waals surface area (Å²) in [5, 5.41) is 73.4. The van der Waals surface area contributed by atoms with Crippen LogP contribution in [0.25, 0.3) is 0 Å². The summed E-state index contributed by atoms with van der Waals surface area (Å²) in [5.41, 5.74) is 2.11. The summed E-state index contributed by atoms with van der Waals surface area (Å²) in [7, 11) is 0. The molecule has 1 amide bonds. The number of carboxylic acid groups (broad SMARTS) is 1. The molecule has 6 rings (SSSR count). The molecule has 14 heteroatoms. The molecule has 0 radical (unpaired) electrons. The maximum absolute atomic E-state index is 11.9. The first-order valence-corrected chi connectivity index (χ1v) is 16.1. The van der Waals surface area contributed by atoms with Gasteiger partial charge in [0.2, 0.25) is 12.2 Å². The van der Waals surface area contributed by atoms with Crippen LogP contribution < -0.4 is 10.1 Å². The van der Waals surface area contributed by atoms with Gasteiger partial charge in [-0.05, 0) is 85.0 Å². The molecule has 4 unspecified atom stereocenters. The van der Waals surface area contributed by atoms with E-state index in [9.17, 15) is 45.3 Å². The first kappa shape index (κ1) is 33.5. The number of benzene rings is 1. The van der Waals surface area contributed by atoms with Crippen LogP contribution in [-0.4, -0.2) is 122 Å². The van der Waals surface area contributed by atoms with E-state index >= 15 is 0 Å². The van der Waals surface area contributed by atoms with E-state index in [1.807, 2.05) is 12.1 Å². The first-order chi connectivity index (χ1) is 21.8. The molecule has 0 bridgehead atoms. The molecule has 3 aliphatic carbocycles. The van der Waals surface area contributed by atoms with Crippen LogP contribution in [0.2, 0.25) is 0 Å². The second-order valence-electron chi connectivity index (χ2n) is 13.8. The highest BCUT2D eigenvalue weighted by molar-refractivity contribution is 5.73. The molecule has 256 valence electrons. The van der Waals surface area contributed by atoms with Gasteiger partial charge in [0.25, 0.3) is 0 Å². The molecular weight excluding hydrogens is 606 g/mol. The third-order valence-electron chi connectivity index (χ3n) is 11.2. The van der Waals surface area contributed by atoms with Crippen LogP contribution in [0.4, 0.5) is 0 Å². The van der Waals surface area contributed by atoms with Gasteiger partial charge < -0.3 is 60.0 Å². The zero-order valence-electron chi connectivity index (χ0n) is 25.8.